The van der Waals surface area contributed by atoms with Crippen LogP contribution in [0.2, 0.25) is 0 Å². The van der Waals surface area contributed by atoms with Crippen molar-refractivity contribution in [2.45, 2.75) is 0 Å². The van der Waals surface area contributed by atoms with E-state index < -0.39 is 0 Å². The molecule has 2 N–H and O–H groups in total. The van der Waals surface area contributed by atoms with Gasteiger partial charge < -0.3 is 10.5 Å². The summed E-state index contributed by atoms with van der Waals surface area (Å²) in [5, 5.41) is 0. The lowest BCUT2D eigenvalue weighted by atomic mass is 10.5. The van der Waals surface area contributed by atoms with Gasteiger partial charge in [-0.3, -0.25) is 4.98 Å². The molecule has 6 heteroatoms. The number of nitrogens with two attached hydrogens (primary N) is 1. The number of rotatable bonds is 2. The zero-order chi connectivity index (χ0) is 10.7. The zero-order valence-electron chi connectivity index (χ0n) is 7.59. The molecule has 0 saturated heterocycles. The summed E-state index contributed by atoms with van der Waals surface area (Å²) < 4.78 is 6.17. The molecule has 0 radical (unpaired) electrons. The summed E-state index contributed by atoms with van der Waals surface area (Å²) in [5.74, 6) is 0.564. The van der Waals surface area contributed by atoms with Gasteiger partial charge in [-0.05, 0) is 22.0 Å². The second-order valence-corrected chi connectivity index (χ2v) is 3.66. The molecule has 2 heterocycles. The fourth-order valence-electron chi connectivity index (χ4n) is 0.932. The first kappa shape index (κ1) is 9.85. The maximum absolute atomic E-state index is 5.44. The summed E-state index contributed by atoms with van der Waals surface area (Å²) >= 11 is 3.28. The minimum atomic E-state index is 0.240. The minimum Gasteiger partial charge on any atom is -0.423 e. The normalized spacial score (nSPS) is 9.93. The van der Waals surface area contributed by atoms with Crippen molar-refractivity contribution in [1.82, 2.24) is 15.0 Å². The largest absolute Gasteiger partial charge is 0.423 e. The molecule has 0 saturated carbocycles. The van der Waals surface area contributed by atoms with E-state index in [1.54, 1.807) is 18.5 Å². The van der Waals surface area contributed by atoms with E-state index in [2.05, 4.69) is 30.9 Å². The number of nitrogen functional groups attached to an aromatic ring is 1. The van der Waals surface area contributed by atoms with Crippen LogP contribution >= 0.6 is 15.9 Å². The number of aromatic nitrogens is 3. The van der Waals surface area contributed by atoms with Crippen LogP contribution in [0.15, 0.2) is 35.3 Å². The van der Waals surface area contributed by atoms with E-state index in [1.165, 1.54) is 12.4 Å². The lowest BCUT2D eigenvalue weighted by Gasteiger charge is -2.02. The molecule has 0 unspecified atom stereocenters. The molecule has 0 spiro atoms. The van der Waals surface area contributed by atoms with Crippen LogP contribution in [0.5, 0.6) is 11.8 Å². The van der Waals surface area contributed by atoms with E-state index in [4.69, 9.17) is 10.5 Å². The highest BCUT2D eigenvalue weighted by molar-refractivity contribution is 9.10. The Bertz CT molecular complexity index is 460. The number of nitrogens with zero attached hydrogens (tertiary/aromatic N) is 3. The molecule has 5 nitrogen and oxygen atoms in total. The van der Waals surface area contributed by atoms with Gasteiger partial charge >= 0.3 is 6.01 Å². The molecule has 2 aromatic rings. The van der Waals surface area contributed by atoms with Gasteiger partial charge in [0.05, 0.1) is 24.3 Å². The van der Waals surface area contributed by atoms with Crippen molar-refractivity contribution in [1.29, 1.82) is 0 Å². The Labute approximate surface area is 94.5 Å². The van der Waals surface area contributed by atoms with Crippen LogP contribution in [0.3, 0.4) is 0 Å². The topological polar surface area (TPSA) is 73.9 Å². The third kappa shape index (κ3) is 2.63. The molecule has 0 amide bonds. The van der Waals surface area contributed by atoms with Crippen molar-refractivity contribution in [3.05, 3.63) is 35.3 Å². The van der Waals surface area contributed by atoms with Crippen molar-refractivity contribution >= 4 is 21.6 Å². The predicted octanol–water partition coefficient (Wildman–Crippen LogP) is 2.01. The highest BCUT2D eigenvalue weighted by atomic mass is 79.9. The molecule has 2 aromatic heterocycles. The van der Waals surface area contributed by atoms with Gasteiger partial charge in [0.25, 0.3) is 0 Å². The van der Waals surface area contributed by atoms with Crippen LogP contribution < -0.4 is 10.5 Å². The standard InChI is InChI=1S/C9H7BrN4O/c10-6-1-8(5-12-2-6)15-9-13-3-7(11)4-14-9/h1-5H,11H2. The van der Waals surface area contributed by atoms with Gasteiger partial charge in [0.15, 0.2) is 5.75 Å². The average Bonchev–Trinajstić information content (AvgIpc) is 2.22. The van der Waals surface area contributed by atoms with Gasteiger partial charge in [-0.1, -0.05) is 0 Å². The average molecular weight is 267 g/mol. The lowest BCUT2D eigenvalue weighted by Crippen LogP contribution is -1.94. The maximum Gasteiger partial charge on any atom is 0.322 e. The van der Waals surface area contributed by atoms with Crippen molar-refractivity contribution < 1.29 is 4.74 Å². The second-order valence-electron chi connectivity index (χ2n) is 2.74. The van der Waals surface area contributed by atoms with E-state index in [-0.39, 0.29) is 6.01 Å². The Kier molecular flexibility index (Phi) is 2.77. The Balaban J connectivity index is 2.18. The molecule has 0 aromatic carbocycles. The predicted molar refractivity (Wildman–Crippen MR) is 58.5 cm³/mol. The number of hydrogen-bond donors (Lipinski definition) is 1. The van der Waals surface area contributed by atoms with Gasteiger partial charge in [-0.25, -0.2) is 9.97 Å². The van der Waals surface area contributed by atoms with Gasteiger partial charge in [-0.2, -0.15) is 0 Å². The van der Waals surface area contributed by atoms with Crippen molar-refractivity contribution in [3.8, 4) is 11.8 Å². The highest BCUT2D eigenvalue weighted by Crippen LogP contribution is 2.20. The Morgan fingerprint density at radius 2 is 1.87 bits per heavy atom. The maximum atomic E-state index is 5.44. The second kappa shape index (κ2) is 4.22. The van der Waals surface area contributed by atoms with Crippen molar-refractivity contribution in [2.75, 3.05) is 5.73 Å². The lowest BCUT2D eigenvalue weighted by molar-refractivity contribution is 0.440. The number of pyridine rings is 1. The van der Waals surface area contributed by atoms with Gasteiger partial charge in [-0.15, -0.1) is 0 Å². The molecule has 0 aliphatic carbocycles. The number of anilines is 1. The van der Waals surface area contributed by atoms with E-state index in [1.807, 2.05) is 0 Å². The third-order valence-corrected chi connectivity index (χ3v) is 1.97. The van der Waals surface area contributed by atoms with Gasteiger partial charge in [0, 0.05) is 10.7 Å². The summed E-state index contributed by atoms with van der Waals surface area (Å²) in [6.45, 7) is 0. The molecular weight excluding hydrogens is 260 g/mol. The molecule has 0 fully saturated rings. The van der Waals surface area contributed by atoms with Crippen LogP contribution in [-0.4, -0.2) is 15.0 Å². The number of halogens is 1. The fourth-order valence-corrected chi connectivity index (χ4v) is 1.28. The van der Waals surface area contributed by atoms with Crippen LogP contribution in [0.25, 0.3) is 0 Å². The first-order valence-corrected chi connectivity index (χ1v) is 4.89. The van der Waals surface area contributed by atoms with E-state index >= 15 is 0 Å². The van der Waals surface area contributed by atoms with Crippen LogP contribution in [0, 0.1) is 0 Å². The summed E-state index contributed by atoms with van der Waals surface area (Å²) in [5.41, 5.74) is 5.94. The van der Waals surface area contributed by atoms with Crippen molar-refractivity contribution in [2.24, 2.45) is 0 Å². The first-order valence-electron chi connectivity index (χ1n) is 4.10. The van der Waals surface area contributed by atoms with Crippen molar-refractivity contribution in [3.63, 3.8) is 0 Å². The summed E-state index contributed by atoms with van der Waals surface area (Å²) in [6.07, 6.45) is 6.20. The van der Waals surface area contributed by atoms with Crippen LogP contribution in [0.1, 0.15) is 0 Å². The number of hydrogen-bond acceptors (Lipinski definition) is 5. The highest BCUT2D eigenvalue weighted by Gasteiger charge is 2.00. The van der Waals surface area contributed by atoms with Crippen LogP contribution in [0.4, 0.5) is 5.69 Å². The Morgan fingerprint density at radius 3 is 2.53 bits per heavy atom. The molecule has 15 heavy (non-hydrogen) atoms. The van der Waals surface area contributed by atoms with Gasteiger partial charge in [0.2, 0.25) is 0 Å². The SMILES string of the molecule is Nc1cnc(Oc2cncc(Br)c2)nc1. The van der Waals surface area contributed by atoms with E-state index in [0.29, 0.717) is 11.4 Å². The number of ether oxygens (including phenoxy) is 1. The smallest absolute Gasteiger partial charge is 0.322 e. The minimum absolute atomic E-state index is 0.240. The third-order valence-electron chi connectivity index (χ3n) is 1.54. The molecule has 0 atom stereocenters. The summed E-state index contributed by atoms with van der Waals surface area (Å²) in [6, 6.07) is 2.01. The first-order chi connectivity index (χ1) is 7.24. The molecule has 2 rings (SSSR count). The zero-order valence-corrected chi connectivity index (χ0v) is 9.18. The molecule has 0 aliphatic heterocycles. The molecular formula is C9H7BrN4O. The molecule has 0 aliphatic rings. The quantitative estimate of drug-likeness (QED) is 0.900. The van der Waals surface area contributed by atoms with Gasteiger partial charge in [0.1, 0.15) is 0 Å². The Hall–Kier alpha value is -1.69. The summed E-state index contributed by atoms with van der Waals surface area (Å²) in [7, 11) is 0. The molecule has 76 valence electrons. The van der Waals surface area contributed by atoms with E-state index in [0.717, 1.165) is 4.47 Å². The van der Waals surface area contributed by atoms with E-state index in [9.17, 15) is 0 Å². The summed E-state index contributed by atoms with van der Waals surface area (Å²) in [4.78, 5) is 11.7. The monoisotopic (exact) mass is 266 g/mol. The molecule has 0 bridgehead atoms. The Morgan fingerprint density at radius 1 is 1.13 bits per heavy atom. The fraction of sp³-hybridized carbons (Fsp3) is 0. The van der Waals surface area contributed by atoms with Crippen LogP contribution in [-0.2, 0) is 0 Å².